The number of halogens is 1. The molecule has 0 bridgehead atoms. The second-order valence-electron chi connectivity index (χ2n) is 6.74. The smallest absolute Gasteiger partial charge is 0.142 e. The van der Waals surface area contributed by atoms with Crippen LogP contribution in [0.2, 0.25) is 5.02 Å². The fraction of sp³-hybridized carbons (Fsp3) is 0.263. The van der Waals surface area contributed by atoms with Gasteiger partial charge in [0.1, 0.15) is 23.7 Å². The van der Waals surface area contributed by atoms with E-state index in [1.165, 1.54) is 0 Å². The zero-order valence-electron chi connectivity index (χ0n) is 14.0. The van der Waals surface area contributed by atoms with E-state index in [4.69, 9.17) is 21.1 Å². The maximum Gasteiger partial charge on any atom is 0.142 e. The molecule has 1 aliphatic rings. The number of aromatic amines is 1. The molecular weight excluding hydrogens is 338 g/mol. The average molecular weight is 356 g/mol. The molecule has 1 aromatic carbocycles. The van der Waals surface area contributed by atoms with Gasteiger partial charge in [0.25, 0.3) is 0 Å². The highest BCUT2D eigenvalue weighted by molar-refractivity contribution is 6.32. The van der Waals surface area contributed by atoms with Crippen molar-refractivity contribution in [3.8, 4) is 22.9 Å². The Morgan fingerprint density at radius 3 is 2.88 bits per heavy atom. The molecule has 3 aromatic rings. The lowest BCUT2D eigenvalue weighted by atomic mass is 10.0. The van der Waals surface area contributed by atoms with E-state index in [1.807, 2.05) is 24.3 Å². The maximum absolute atomic E-state index is 6.36. The lowest BCUT2D eigenvalue weighted by Crippen LogP contribution is -2.24. The summed E-state index contributed by atoms with van der Waals surface area (Å²) >= 11 is 6.36. The predicted molar refractivity (Wildman–Crippen MR) is 96.0 cm³/mol. The van der Waals surface area contributed by atoms with E-state index in [-0.39, 0.29) is 5.60 Å². The number of fused-ring (bicyclic) bond motifs is 1. The molecule has 128 valence electrons. The minimum Gasteiger partial charge on any atom is -0.487 e. The van der Waals surface area contributed by atoms with Gasteiger partial charge in [-0.05, 0) is 49.7 Å². The van der Waals surface area contributed by atoms with Gasteiger partial charge in [-0.3, -0.25) is 10.1 Å². The highest BCUT2D eigenvalue weighted by Gasteiger charge is 2.32. The first-order valence-corrected chi connectivity index (χ1v) is 8.47. The number of rotatable bonds is 4. The summed E-state index contributed by atoms with van der Waals surface area (Å²) < 4.78 is 11.7. The summed E-state index contributed by atoms with van der Waals surface area (Å²) in [6.45, 7) is 4.55. The molecule has 25 heavy (non-hydrogen) atoms. The topological polar surface area (TPSA) is 60.0 Å². The van der Waals surface area contributed by atoms with Gasteiger partial charge in [-0.25, -0.2) is 0 Å². The van der Waals surface area contributed by atoms with Gasteiger partial charge in [0, 0.05) is 18.2 Å². The van der Waals surface area contributed by atoms with Crippen molar-refractivity contribution in [2.24, 2.45) is 0 Å². The SMILES string of the molecule is CC1(C)Cc2cc(COc3ccc(-c4ccn[nH]4)nc3)cc(Cl)c2O1. The summed E-state index contributed by atoms with van der Waals surface area (Å²) in [4.78, 5) is 4.39. The highest BCUT2D eigenvalue weighted by atomic mass is 35.5. The van der Waals surface area contributed by atoms with Crippen LogP contribution in [0.25, 0.3) is 11.4 Å². The fourth-order valence-corrected chi connectivity index (χ4v) is 3.30. The highest BCUT2D eigenvalue weighted by Crippen LogP contribution is 2.41. The monoisotopic (exact) mass is 355 g/mol. The molecule has 5 nitrogen and oxygen atoms in total. The van der Waals surface area contributed by atoms with E-state index in [0.717, 1.165) is 34.7 Å². The first kappa shape index (κ1) is 16.0. The first-order valence-electron chi connectivity index (χ1n) is 8.09. The number of hydrogen-bond acceptors (Lipinski definition) is 4. The molecule has 3 heterocycles. The van der Waals surface area contributed by atoms with Crippen LogP contribution in [0.5, 0.6) is 11.5 Å². The van der Waals surface area contributed by atoms with E-state index < -0.39 is 0 Å². The van der Waals surface area contributed by atoms with Crippen molar-refractivity contribution in [1.82, 2.24) is 15.2 Å². The van der Waals surface area contributed by atoms with Crippen molar-refractivity contribution in [2.45, 2.75) is 32.5 Å². The minimum atomic E-state index is -0.210. The zero-order chi connectivity index (χ0) is 17.4. The predicted octanol–water partition coefficient (Wildman–Crippen LogP) is 4.42. The molecule has 4 rings (SSSR count). The van der Waals surface area contributed by atoms with Gasteiger partial charge in [0.05, 0.1) is 22.6 Å². The van der Waals surface area contributed by atoms with E-state index in [9.17, 15) is 0 Å². The molecule has 0 radical (unpaired) electrons. The largest absolute Gasteiger partial charge is 0.487 e. The number of nitrogens with one attached hydrogen (secondary N) is 1. The van der Waals surface area contributed by atoms with Crippen LogP contribution >= 0.6 is 11.6 Å². The van der Waals surface area contributed by atoms with Gasteiger partial charge < -0.3 is 9.47 Å². The fourth-order valence-electron chi connectivity index (χ4n) is 3.00. The third-order valence-electron chi connectivity index (χ3n) is 4.09. The van der Waals surface area contributed by atoms with Crippen LogP contribution in [0.3, 0.4) is 0 Å². The molecule has 0 saturated heterocycles. The Morgan fingerprint density at radius 1 is 1.28 bits per heavy atom. The van der Waals surface area contributed by atoms with E-state index in [1.54, 1.807) is 12.4 Å². The quantitative estimate of drug-likeness (QED) is 0.752. The summed E-state index contributed by atoms with van der Waals surface area (Å²) in [5.41, 5.74) is 3.63. The summed E-state index contributed by atoms with van der Waals surface area (Å²) in [7, 11) is 0. The number of aromatic nitrogens is 3. The average Bonchev–Trinajstić information content (AvgIpc) is 3.20. The summed E-state index contributed by atoms with van der Waals surface area (Å²) in [5, 5.41) is 7.45. The molecule has 1 aliphatic heterocycles. The molecule has 0 aliphatic carbocycles. The Balaban J connectivity index is 1.46. The molecular formula is C19H18ClN3O2. The lowest BCUT2D eigenvalue weighted by Gasteiger charge is -2.17. The van der Waals surface area contributed by atoms with Gasteiger partial charge in [-0.2, -0.15) is 5.10 Å². The van der Waals surface area contributed by atoms with Crippen LogP contribution in [-0.4, -0.2) is 20.8 Å². The lowest BCUT2D eigenvalue weighted by molar-refractivity contribution is 0.138. The van der Waals surface area contributed by atoms with Crippen LogP contribution in [0.1, 0.15) is 25.0 Å². The molecule has 0 fully saturated rings. The van der Waals surface area contributed by atoms with Crippen LogP contribution in [0, 0.1) is 0 Å². The second kappa shape index (κ2) is 6.08. The van der Waals surface area contributed by atoms with Crippen LogP contribution in [-0.2, 0) is 13.0 Å². The molecule has 6 heteroatoms. The maximum atomic E-state index is 6.36. The van der Waals surface area contributed by atoms with Gasteiger partial charge in [0.2, 0.25) is 0 Å². The van der Waals surface area contributed by atoms with Crippen molar-refractivity contribution in [2.75, 3.05) is 0 Å². The third-order valence-corrected chi connectivity index (χ3v) is 4.37. The number of hydrogen-bond donors (Lipinski definition) is 1. The van der Waals surface area contributed by atoms with E-state index in [0.29, 0.717) is 17.4 Å². The van der Waals surface area contributed by atoms with Gasteiger partial charge in [-0.15, -0.1) is 0 Å². The van der Waals surface area contributed by atoms with Crippen LogP contribution in [0.4, 0.5) is 0 Å². The first-order chi connectivity index (χ1) is 12.0. The molecule has 0 saturated carbocycles. The van der Waals surface area contributed by atoms with Crippen LogP contribution in [0.15, 0.2) is 42.7 Å². The Labute approximate surface area is 151 Å². The summed E-state index contributed by atoms with van der Waals surface area (Å²) in [6.07, 6.45) is 4.25. The summed E-state index contributed by atoms with van der Waals surface area (Å²) in [6, 6.07) is 9.66. The Bertz CT molecular complexity index is 890. The normalized spacial score (nSPS) is 14.8. The molecule has 0 unspecified atom stereocenters. The van der Waals surface area contributed by atoms with Gasteiger partial charge in [-0.1, -0.05) is 11.6 Å². The number of ether oxygens (including phenoxy) is 2. The van der Waals surface area contributed by atoms with Crippen molar-refractivity contribution >= 4 is 11.6 Å². The van der Waals surface area contributed by atoms with Gasteiger partial charge in [0.15, 0.2) is 0 Å². The molecule has 2 aromatic heterocycles. The van der Waals surface area contributed by atoms with Crippen LogP contribution < -0.4 is 9.47 Å². The Morgan fingerprint density at radius 2 is 2.16 bits per heavy atom. The molecule has 1 N–H and O–H groups in total. The standard InChI is InChI=1S/C19H18ClN3O2/c1-19(2)9-13-7-12(8-15(20)18(13)25-19)11-24-14-3-4-16(21-10-14)17-5-6-22-23-17/h3-8,10H,9,11H2,1-2H3,(H,22,23). The number of nitrogens with zero attached hydrogens (tertiary/aromatic N) is 2. The number of benzene rings is 1. The molecule has 0 spiro atoms. The Hall–Kier alpha value is -2.53. The third kappa shape index (κ3) is 3.33. The number of pyridine rings is 1. The molecule has 0 atom stereocenters. The van der Waals surface area contributed by atoms with Crippen molar-refractivity contribution < 1.29 is 9.47 Å². The van der Waals surface area contributed by atoms with E-state index >= 15 is 0 Å². The van der Waals surface area contributed by atoms with Gasteiger partial charge >= 0.3 is 0 Å². The second-order valence-corrected chi connectivity index (χ2v) is 7.15. The number of H-pyrrole nitrogens is 1. The zero-order valence-corrected chi connectivity index (χ0v) is 14.8. The molecule has 0 amide bonds. The minimum absolute atomic E-state index is 0.210. The van der Waals surface area contributed by atoms with Crippen molar-refractivity contribution in [3.63, 3.8) is 0 Å². The van der Waals surface area contributed by atoms with E-state index in [2.05, 4.69) is 35.1 Å². The summed E-state index contributed by atoms with van der Waals surface area (Å²) in [5.74, 6) is 1.50. The Kier molecular flexibility index (Phi) is 3.88. The van der Waals surface area contributed by atoms with Crippen molar-refractivity contribution in [1.29, 1.82) is 0 Å². The van der Waals surface area contributed by atoms with Crippen molar-refractivity contribution in [3.05, 3.63) is 58.9 Å².